The first-order valence-corrected chi connectivity index (χ1v) is 5.33. The fourth-order valence-electron chi connectivity index (χ4n) is 1.06. The van der Waals surface area contributed by atoms with Crippen LogP contribution in [0.3, 0.4) is 0 Å². The molecule has 1 rings (SSSR count). The Morgan fingerprint density at radius 1 is 1.62 bits per heavy atom. The van der Waals surface area contributed by atoms with E-state index in [9.17, 15) is 0 Å². The molecule has 0 saturated heterocycles. The van der Waals surface area contributed by atoms with E-state index in [0.717, 1.165) is 11.4 Å². The number of aromatic nitrogens is 1. The molecule has 0 aliphatic rings. The second-order valence-electron chi connectivity index (χ2n) is 2.83. The van der Waals surface area contributed by atoms with Crippen LogP contribution in [0.15, 0.2) is 23.9 Å². The summed E-state index contributed by atoms with van der Waals surface area (Å²) in [5.41, 5.74) is 1.37. The lowest BCUT2D eigenvalue weighted by atomic mass is 10.2. The molecule has 0 atom stereocenters. The molecule has 0 fully saturated rings. The predicted molar refractivity (Wildman–Crippen MR) is 59.9 cm³/mol. The number of hydrogen-bond acceptors (Lipinski definition) is 2. The van der Waals surface area contributed by atoms with Crippen molar-refractivity contribution < 1.29 is 0 Å². The van der Waals surface area contributed by atoms with Gasteiger partial charge in [-0.15, -0.1) is 11.3 Å². The highest BCUT2D eigenvalue weighted by Crippen LogP contribution is 2.14. The van der Waals surface area contributed by atoms with Crippen molar-refractivity contribution in [2.75, 3.05) is 0 Å². The van der Waals surface area contributed by atoms with E-state index in [-0.39, 0.29) is 0 Å². The Kier molecular flexibility index (Phi) is 3.90. The minimum Gasteiger partial charge on any atom is -0.249 e. The third-order valence-corrected chi connectivity index (χ3v) is 2.76. The summed E-state index contributed by atoms with van der Waals surface area (Å²) < 4.78 is 0. The van der Waals surface area contributed by atoms with Gasteiger partial charge in [-0.05, 0) is 26.3 Å². The molecule has 0 saturated carbocycles. The van der Waals surface area contributed by atoms with Crippen LogP contribution in [0.2, 0.25) is 0 Å². The van der Waals surface area contributed by atoms with Gasteiger partial charge in [0.15, 0.2) is 0 Å². The van der Waals surface area contributed by atoms with Gasteiger partial charge >= 0.3 is 0 Å². The first kappa shape index (κ1) is 10.2. The van der Waals surface area contributed by atoms with E-state index < -0.39 is 0 Å². The van der Waals surface area contributed by atoms with Crippen LogP contribution in [0, 0.1) is 6.92 Å². The molecule has 2 heteroatoms. The van der Waals surface area contributed by atoms with Crippen molar-refractivity contribution >= 4 is 17.4 Å². The summed E-state index contributed by atoms with van der Waals surface area (Å²) in [7, 11) is 0. The maximum atomic E-state index is 4.19. The van der Waals surface area contributed by atoms with Gasteiger partial charge in [0.05, 0.1) is 5.01 Å². The summed E-state index contributed by atoms with van der Waals surface area (Å²) in [6.07, 6.45) is 9.44. The average Bonchev–Trinajstić information content (AvgIpc) is 2.53. The second-order valence-corrected chi connectivity index (χ2v) is 4.10. The van der Waals surface area contributed by atoms with E-state index >= 15 is 0 Å². The zero-order chi connectivity index (χ0) is 9.68. The smallest absolute Gasteiger partial charge is 0.0900 e. The van der Waals surface area contributed by atoms with E-state index in [0.29, 0.717) is 0 Å². The van der Waals surface area contributed by atoms with Crippen molar-refractivity contribution in [3.8, 4) is 0 Å². The first-order valence-electron chi connectivity index (χ1n) is 4.52. The summed E-state index contributed by atoms with van der Waals surface area (Å²) in [6.45, 7) is 6.26. The van der Waals surface area contributed by atoms with E-state index in [2.05, 4.69) is 37.1 Å². The zero-order valence-corrected chi connectivity index (χ0v) is 9.19. The van der Waals surface area contributed by atoms with Crippen molar-refractivity contribution in [2.24, 2.45) is 0 Å². The molecule has 0 aliphatic carbocycles. The fourth-order valence-corrected chi connectivity index (χ4v) is 1.75. The van der Waals surface area contributed by atoms with Crippen LogP contribution in [-0.2, 0) is 0 Å². The normalized spacial score (nSPS) is 12.7. The Bertz CT molecular complexity index is 321. The standard InChI is InChI=1S/C11H15NS/c1-4-10(5-2)6-7-11-8-12-9(3)13-11/h4,6-8H,5H2,1-3H3/b7-6-,10-4-. The summed E-state index contributed by atoms with van der Waals surface area (Å²) >= 11 is 1.73. The van der Waals surface area contributed by atoms with Gasteiger partial charge in [-0.3, -0.25) is 0 Å². The molecule has 0 bridgehead atoms. The number of aryl methyl sites for hydroxylation is 1. The van der Waals surface area contributed by atoms with Gasteiger partial charge in [0.1, 0.15) is 0 Å². The minimum atomic E-state index is 1.09. The first-order chi connectivity index (χ1) is 6.26. The van der Waals surface area contributed by atoms with Crippen LogP contribution in [0.4, 0.5) is 0 Å². The van der Waals surface area contributed by atoms with Crippen molar-refractivity contribution in [1.29, 1.82) is 0 Å². The van der Waals surface area contributed by atoms with Gasteiger partial charge in [0.2, 0.25) is 0 Å². The highest BCUT2D eigenvalue weighted by Gasteiger charge is 1.92. The van der Waals surface area contributed by atoms with Crippen molar-refractivity contribution in [2.45, 2.75) is 27.2 Å². The highest BCUT2D eigenvalue weighted by molar-refractivity contribution is 7.12. The maximum Gasteiger partial charge on any atom is 0.0900 e. The van der Waals surface area contributed by atoms with Gasteiger partial charge in [0, 0.05) is 11.1 Å². The molecule has 70 valence electrons. The Morgan fingerprint density at radius 2 is 2.38 bits per heavy atom. The Morgan fingerprint density at radius 3 is 2.85 bits per heavy atom. The second kappa shape index (κ2) is 4.97. The van der Waals surface area contributed by atoms with Crippen molar-refractivity contribution in [3.63, 3.8) is 0 Å². The van der Waals surface area contributed by atoms with Crippen LogP contribution in [0.1, 0.15) is 30.2 Å². The molecule has 0 spiro atoms. The Balaban J connectivity index is 2.68. The number of allylic oxidation sites excluding steroid dienone is 3. The number of rotatable bonds is 3. The van der Waals surface area contributed by atoms with Gasteiger partial charge in [-0.1, -0.05) is 24.6 Å². The van der Waals surface area contributed by atoms with Crippen LogP contribution in [0.25, 0.3) is 6.08 Å². The molecule has 13 heavy (non-hydrogen) atoms. The van der Waals surface area contributed by atoms with Crippen molar-refractivity contribution in [1.82, 2.24) is 4.98 Å². The molecule has 0 radical (unpaired) electrons. The zero-order valence-electron chi connectivity index (χ0n) is 8.37. The molecule has 1 nitrogen and oxygen atoms in total. The van der Waals surface area contributed by atoms with E-state index in [1.165, 1.54) is 10.5 Å². The van der Waals surface area contributed by atoms with Crippen LogP contribution < -0.4 is 0 Å². The largest absolute Gasteiger partial charge is 0.249 e. The Hall–Kier alpha value is -0.890. The lowest BCUT2D eigenvalue weighted by molar-refractivity contribution is 1.14. The quantitative estimate of drug-likeness (QED) is 0.665. The molecule has 0 N–H and O–H groups in total. The SMILES string of the molecule is C/C=C(\C=C/c1cnc(C)s1)CC. The molecular weight excluding hydrogens is 178 g/mol. The number of hydrogen-bond donors (Lipinski definition) is 0. The average molecular weight is 193 g/mol. The third kappa shape index (κ3) is 3.15. The molecular formula is C11H15NS. The van der Waals surface area contributed by atoms with Crippen LogP contribution in [0.5, 0.6) is 0 Å². The summed E-state index contributed by atoms with van der Waals surface area (Å²) in [5.74, 6) is 0. The maximum absolute atomic E-state index is 4.19. The molecule has 0 amide bonds. The summed E-state index contributed by atoms with van der Waals surface area (Å²) in [4.78, 5) is 5.42. The van der Waals surface area contributed by atoms with Gasteiger partial charge in [-0.2, -0.15) is 0 Å². The van der Waals surface area contributed by atoms with Gasteiger partial charge in [0.25, 0.3) is 0 Å². The molecule has 0 unspecified atom stereocenters. The fraction of sp³-hybridized carbons (Fsp3) is 0.364. The van der Waals surface area contributed by atoms with Crippen molar-refractivity contribution in [3.05, 3.63) is 33.8 Å². The predicted octanol–water partition coefficient (Wildman–Crippen LogP) is 3.82. The monoisotopic (exact) mass is 193 g/mol. The molecule has 1 aromatic rings. The van der Waals surface area contributed by atoms with E-state index in [4.69, 9.17) is 0 Å². The molecule has 1 aromatic heterocycles. The minimum absolute atomic E-state index is 1.09. The van der Waals surface area contributed by atoms with Crippen LogP contribution >= 0.6 is 11.3 Å². The topological polar surface area (TPSA) is 12.9 Å². The number of thiazole rings is 1. The molecule has 0 aromatic carbocycles. The highest BCUT2D eigenvalue weighted by atomic mass is 32.1. The third-order valence-electron chi connectivity index (χ3n) is 1.88. The van der Waals surface area contributed by atoms with E-state index in [1.807, 2.05) is 13.1 Å². The molecule has 0 aliphatic heterocycles. The van der Waals surface area contributed by atoms with Crippen LogP contribution in [-0.4, -0.2) is 4.98 Å². The lowest BCUT2D eigenvalue weighted by Crippen LogP contribution is -1.71. The molecule has 1 heterocycles. The summed E-state index contributed by atoms with van der Waals surface area (Å²) in [6, 6.07) is 0. The Labute approximate surface area is 83.8 Å². The number of nitrogens with zero attached hydrogens (tertiary/aromatic N) is 1. The van der Waals surface area contributed by atoms with Gasteiger partial charge < -0.3 is 0 Å². The van der Waals surface area contributed by atoms with E-state index in [1.54, 1.807) is 11.3 Å². The summed E-state index contributed by atoms with van der Waals surface area (Å²) in [5, 5.41) is 1.12. The lowest BCUT2D eigenvalue weighted by Gasteiger charge is -1.92. The van der Waals surface area contributed by atoms with Gasteiger partial charge in [-0.25, -0.2) is 4.98 Å².